The van der Waals surface area contributed by atoms with Gasteiger partial charge in [-0.1, -0.05) is 40.6 Å². The van der Waals surface area contributed by atoms with Gasteiger partial charge in [0.2, 0.25) is 0 Å². The van der Waals surface area contributed by atoms with Crippen LogP contribution in [-0.2, 0) is 0 Å². The molecule has 0 saturated heterocycles. The molecule has 0 radical (unpaired) electrons. The van der Waals surface area contributed by atoms with Crippen LogP contribution in [0.15, 0.2) is 52.2 Å². The maximum absolute atomic E-state index is 12.9. The van der Waals surface area contributed by atoms with Crippen molar-refractivity contribution in [1.29, 1.82) is 0 Å². The molecule has 1 aromatic carbocycles. The number of anilines is 1. The summed E-state index contributed by atoms with van der Waals surface area (Å²) in [7, 11) is 0. The molecule has 1 nitrogen and oxygen atoms in total. The molecule has 1 aromatic rings. The zero-order valence-electron chi connectivity index (χ0n) is 10.7. The first-order valence-electron chi connectivity index (χ1n) is 5.81. The van der Waals surface area contributed by atoms with Gasteiger partial charge in [-0.25, -0.2) is 0 Å². The smallest absolute Gasteiger partial charge is 0.351 e. The zero-order valence-corrected chi connectivity index (χ0v) is 12.3. The van der Waals surface area contributed by atoms with Crippen molar-refractivity contribution in [2.75, 3.05) is 5.32 Å². The Morgan fingerprint density at radius 3 is 2.58 bits per heavy atom. The zero-order chi connectivity index (χ0) is 14.5. The molecule has 0 spiro atoms. The van der Waals surface area contributed by atoms with Crippen molar-refractivity contribution in [2.45, 2.75) is 26.4 Å². The largest absolute Gasteiger partial charge is 0.431 e. The first kappa shape index (κ1) is 15.8. The van der Waals surface area contributed by atoms with Crippen LogP contribution in [-0.4, -0.2) is 6.18 Å². The second-order valence-corrected chi connectivity index (χ2v) is 4.96. The summed E-state index contributed by atoms with van der Waals surface area (Å²) in [6.07, 6.45) is -0.853. The maximum Gasteiger partial charge on any atom is 0.431 e. The van der Waals surface area contributed by atoms with Gasteiger partial charge in [0.05, 0.1) is 0 Å². The van der Waals surface area contributed by atoms with Crippen molar-refractivity contribution < 1.29 is 13.2 Å². The van der Waals surface area contributed by atoms with E-state index in [2.05, 4.69) is 21.2 Å². The molecular formula is C14H15BrF3N. The van der Waals surface area contributed by atoms with Crippen LogP contribution in [0.3, 0.4) is 0 Å². The summed E-state index contributed by atoms with van der Waals surface area (Å²) in [6, 6.07) is 6.61. The molecule has 0 aromatic heterocycles. The summed E-state index contributed by atoms with van der Waals surface area (Å²) in [5.41, 5.74) is 0.201. The molecule has 0 atom stereocenters. The minimum absolute atomic E-state index is 0.391. The Hall–Kier alpha value is -1.23. The van der Waals surface area contributed by atoms with Crippen LogP contribution in [0.4, 0.5) is 18.9 Å². The van der Waals surface area contributed by atoms with Crippen LogP contribution in [0.5, 0.6) is 0 Å². The van der Waals surface area contributed by atoms with Crippen molar-refractivity contribution in [3.05, 3.63) is 52.2 Å². The monoisotopic (exact) mass is 333 g/mol. The minimum Gasteiger partial charge on any atom is -0.351 e. The van der Waals surface area contributed by atoms with Crippen LogP contribution in [0.25, 0.3) is 0 Å². The van der Waals surface area contributed by atoms with Crippen LogP contribution in [0.1, 0.15) is 20.3 Å². The van der Waals surface area contributed by atoms with Crippen LogP contribution >= 0.6 is 15.9 Å². The van der Waals surface area contributed by atoms with E-state index >= 15 is 0 Å². The topological polar surface area (TPSA) is 12.0 Å². The second-order valence-electron chi connectivity index (χ2n) is 4.05. The molecule has 0 unspecified atom stereocenters. The molecule has 0 heterocycles. The highest BCUT2D eigenvalue weighted by Crippen LogP contribution is 2.29. The summed E-state index contributed by atoms with van der Waals surface area (Å²) >= 11 is 3.23. The normalized spacial score (nSPS) is 13.6. The van der Waals surface area contributed by atoms with E-state index < -0.39 is 11.9 Å². The summed E-state index contributed by atoms with van der Waals surface area (Å²) in [5.74, 6) is 0. The van der Waals surface area contributed by atoms with E-state index in [4.69, 9.17) is 0 Å². The van der Waals surface area contributed by atoms with E-state index in [1.54, 1.807) is 37.3 Å². The highest BCUT2D eigenvalue weighted by molar-refractivity contribution is 9.10. The van der Waals surface area contributed by atoms with Crippen molar-refractivity contribution in [2.24, 2.45) is 0 Å². The Balaban J connectivity index is 3.03. The molecule has 0 aliphatic heterocycles. The summed E-state index contributed by atoms with van der Waals surface area (Å²) < 4.78 is 39.5. The van der Waals surface area contributed by atoms with Gasteiger partial charge in [0.25, 0.3) is 0 Å². The molecular weight excluding hydrogens is 319 g/mol. The van der Waals surface area contributed by atoms with Gasteiger partial charge in [-0.3, -0.25) is 0 Å². The van der Waals surface area contributed by atoms with Crippen molar-refractivity contribution in [1.82, 2.24) is 0 Å². The Kier molecular flexibility index (Phi) is 5.66. The van der Waals surface area contributed by atoms with E-state index in [0.29, 0.717) is 17.7 Å². The highest BCUT2D eigenvalue weighted by atomic mass is 79.9. The first-order valence-corrected chi connectivity index (χ1v) is 6.60. The molecule has 0 bridgehead atoms. The molecule has 0 aliphatic carbocycles. The van der Waals surface area contributed by atoms with Gasteiger partial charge >= 0.3 is 6.18 Å². The Labute approximate surface area is 119 Å². The number of hydrogen-bond acceptors (Lipinski definition) is 1. The van der Waals surface area contributed by atoms with Gasteiger partial charge in [-0.2, -0.15) is 13.2 Å². The molecule has 19 heavy (non-hydrogen) atoms. The van der Waals surface area contributed by atoms with Gasteiger partial charge in [0.15, 0.2) is 0 Å². The molecule has 0 saturated carbocycles. The molecule has 104 valence electrons. The fourth-order valence-electron chi connectivity index (χ4n) is 1.52. The van der Waals surface area contributed by atoms with Gasteiger partial charge in [0.1, 0.15) is 5.70 Å². The Morgan fingerprint density at radius 1 is 1.37 bits per heavy atom. The number of rotatable bonds is 4. The molecule has 5 heteroatoms. The van der Waals surface area contributed by atoms with Crippen molar-refractivity contribution in [3.8, 4) is 0 Å². The molecule has 1 rings (SSSR count). The third kappa shape index (κ3) is 5.51. The summed E-state index contributed by atoms with van der Waals surface area (Å²) in [6.45, 7) is 3.53. The summed E-state index contributed by atoms with van der Waals surface area (Å²) in [5, 5.41) is 2.41. The Bertz CT molecular complexity index is 490. The standard InChI is InChI=1S/C14H15BrF3N/c1-3-5-10(2)8-13(14(16,17)18)19-12-7-4-6-11(15)9-12/h4-9,19H,3H2,1-2H3/b10-5+,13-8-. The average molecular weight is 334 g/mol. The SMILES string of the molecule is CC/C=C(C)/C=C(\Nc1cccc(Br)c1)C(F)(F)F. The lowest BCUT2D eigenvalue weighted by Crippen LogP contribution is -2.19. The molecule has 0 amide bonds. The van der Waals surface area contributed by atoms with E-state index in [0.717, 1.165) is 10.5 Å². The lowest BCUT2D eigenvalue weighted by Gasteiger charge is -2.15. The molecule has 0 fully saturated rings. The third-order valence-corrected chi connectivity index (χ3v) is 2.80. The fourth-order valence-corrected chi connectivity index (χ4v) is 1.92. The van der Waals surface area contributed by atoms with Crippen LogP contribution in [0.2, 0.25) is 0 Å². The highest BCUT2D eigenvalue weighted by Gasteiger charge is 2.33. The van der Waals surface area contributed by atoms with E-state index in [-0.39, 0.29) is 0 Å². The maximum atomic E-state index is 12.9. The average Bonchev–Trinajstić information content (AvgIpc) is 2.27. The number of benzene rings is 1. The first-order chi connectivity index (χ1) is 8.82. The van der Waals surface area contributed by atoms with Gasteiger partial charge in [0, 0.05) is 10.2 Å². The number of allylic oxidation sites excluding steroid dienone is 4. The predicted molar refractivity (Wildman–Crippen MR) is 76.0 cm³/mol. The number of alkyl halides is 3. The van der Waals surface area contributed by atoms with Crippen molar-refractivity contribution in [3.63, 3.8) is 0 Å². The van der Waals surface area contributed by atoms with E-state index in [9.17, 15) is 13.2 Å². The van der Waals surface area contributed by atoms with Gasteiger partial charge in [-0.05, 0) is 37.6 Å². The predicted octanol–water partition coefficient (Wildman–Crippen LogP) is 5.66. The molecule has 0 aliphatic rings. The van der Waals surface area contributed by atoms with Gasteiger partial charge < -0.3 is 5.32 Å². The minimum atomic E-state index is -4.41. The number of nitrogens with one attached hydrogen (secondary N) is 1. The number of halogens is 4. The van der Waals surface area contributed by atoms with Gasteiger partial charge in [-0.15, -0.1) is 0 Å². The number of hydrogen-bond donors (Lipinski definition) is 1. The van der Waals surface area contributed by atoms with E-state index in [1.807, 2.05) is 6.92 Å². The molecule has 1 N–H and O–H groups in total. The second kappa shape index (κ2) is 6.80. The summed E-state index contributed by atoms with van der Waals surface area (Å²) in [4.78, 5) is 0. The quantitative estimate of drug-likeness (QED) is 0.700. The lowest BCUT2D eigenvalue weighted by molar-refractivity contribution is -0.0903. The van der Waals surface area contributed by atoms with Crippen LogP contribution < -0.4 is 5.32 Å². The fraction of sp³-hybridized carbons (Fsp3) is 0.286. The lowest BCUT2D eigenvalue weighted by atomic mass is 10.2. The Morgan fingerprint density at radius 2 is 2.05 bits per heavy atom. The van der Waals surface area contributed by atoms with E-state index in [1.165, 1.54) is 0 Å². The third-order valence-electron chi connectivity index (χ3n) is 2.31. The van der Waals surface area contributed by atoms with Crippen molar-refractivity contribution >= 4 is 21.6 Å². The van der Waals surface area contributed by atoms with Crippen LogP contribution in [0, 0.1) is 0 Å².